The van der Waals surface area contributed by atoms with E-state index in [9.17, 15) is 9.59 Å². The Hall–Kier alpha value is -2.83. The first-order chi connectivity index (χ1) is 10.5. The van der Waals surface area contributed by atoms with Crippen LogP contribution in [0.1, 0.15) is 19.1 Å². The number of hydrogen-bond acceptors (Lipinski definition) is 5. The molecule has 2 aromatic rings. The summed E-state index contributed by atoms with van der Waals surface area (Å²) in [4.78, 5) is 22.7. The molecule has 0 radical (unpaired) electrons. The van der Waals surface area contributed by atoms with Gasteiger partial charge >= 0.3 is 0 Å². The summed E-state index contributed by atoms with van der Waals surface area (Å²) < 4.78 is 4.91. The Labute approximate surface area is 128 Å². The average Bonchev–Trinajstić information content (AvgIpc) is 2.86. The van der Waals surface area contributed by atoms with Gasteiger partial charge in [-0.2, -0.15) is 0 Å². The Morgan fingerprint density at radius 3 is 2.32 bits per heavy atom. The predicted molar refractivity (Wildman–Crippen MR) is 83.7 cm³/mol. The fraction of sp³-hybridized carbons (Fsp3) is 0.267. The van der Waals surface area contributed by atoms with E-state index in [2.05, 4.69) is 21.1 Å². The van der Waals surface area contributed by atoms with E-state index in [-0.39, 0.29) is 11.8 Å². The van der Waals surface area contributed by atoms with Crippen molar-refractivity contribution in [3.05, 3.63) is 36.1 Å². The number of nitrogens with one attached hydrogen (secondary N) is 3. The molecule has 1 aromatic heterocycles. The highest BCUT2D eigenvalue weighted by atomic mass is 16.5. The second-order valence-corrected chi connectivity index (χ2v) is 4.81. The molecule has 2 rings (SSSR count). The van der Waals surface area contributed by atoms with Gasteiger partial charge in [0.1, 0.15) is 5.76 Å². The molecule has 1 heterocycles. The fourth-order valence-electron chi connectivity index (χ4n) is 1.82. The van der Waals surface area contributed by atoms with Crippen LogP contribution in [0.4, 0.5) is 17.2 Å². The van der Waals surface area contributed by atoms with Crippen molar-refractivity contribution in [2.45, 2.75) is 20.3 Å². The number of nitrogens with zero attached hydrogens (tertiary/aromatic N) is 1. The van der Waals surface area contributed by atoms with Crippen LogP contribution in [-0.4, -0.2) is 23.5 Å². The van der Waals surface area contributed by atoms with E-state index in [1.807, 2.05) is 0 Å². The lowest BCUT2D eigenvalue weighted by Crippen LogP contribution is -2.16. The molecule has 3 N–H and O–H groups in total. The van der Waals surface area contributed by atoms with Gasteiger partial charge in [-0.3, -0.25) is 9.59 Å². The molecule has 2 amide bonds. The van der Waals surface area contributed by atoms with Gasteiger partial charge in [-0.25, -0.2) is 0 Å². The summed E-state index contributed by atoms with van der Waals surface area (Å²) in [6, 6.07) is 8.69. The highest BCUT2D eigenvalue weighted by Crippen LogP contribution is 2.13. The minimum Gasteiger partial charge on any atom is -0.367 e. The van der Waals surface area contributed by atoms with E-state index >= 15 is 0 Å². The molecule has 0 aliphatic carbocycles. The van der Waals surface area contributed by atoms with Crippen LogP contribution < -0.4 is 16.0 Å². The molecule has 116 valence electrons. The number of rotatable bonds is 6. The van der Waals surface area contributed by atoms with Gasteiger partial charge in [-0.15, -0.1) is 0 Å². The average molecular weight is 302 g/mol. The van der Waals surface area contributed by atoms with E-state index in [4.69, 9.17) is 4.52 Å². The lowest BCUT2D eigenvalue weighted by molar-refractivity contribution is -0.116. The predicted octanol–water partition coefficient (Wildman–Crippen LogP) is 2.38. The van der Waals surface area contributed by atoms with Crippen LogP contribution in [0.25, 0.3) is 0 Å². The molecule has 7 heteroatoms. The Morgan fingerprint density at radius 2 is 1.77 bits per heavy atom. The van der Waals surface area contributed by atoms with Crippen LogP contribution in [0.15, 0.2) is 34.9 Å². The van der Waals surface area contributed by atoms with Crippen LogP contribution in [0.2, 0.25) is 0 Å². The summed E-state index contributed by atoms with van der Waals surface area (Å²) in [6.07, 6.45) is 0.305. The molecule has 0 bridgehead atoms. The number of carbonyl (C=O) groups excluding carboxylic acids is 2. The first-order valence-corrected chi connectivity index (χ1v) is 6.87. The third kappa shape index (κ3) is 4.93. The largest absolute Gasteiger partial charge is 0.367 e. The lowest BCUT2D eigenvalue weighted by atomic mass is 10.2. The number of hydrogen-bond donors (Lipinski definition) is 3. The molecule has 7 nitrogen and oxygen atoms in total. The van der Waals surface area contributed by atoms with Crippen molar-refractivity contribution < 1.29 is 14.1 Å². The number of aromatic nitrogens is 1. The number of benzene rings is 1. The Morgan fingerprint density at radius 1 is 1.14 bits per heavy atom. The van der Waals surface area contributed by atoms with Gasteiger partial charge < -0.3 is 20.5 Å². The summed E-state index contributed by atoms with van der Waals surface area (Å²) in [5, 5.41) is 12.2. The molecular formula is C15H18N4O3. The maximum Gasteiger partial charge on any atom is 0.226 e. The smallest absolute Gasteiger partial charge is 0.226 e. The van der Waals surface area contributed by atoms with E-state index in [0.717, 1.165) is 0 Å². The van der Waals surface area contributed by atoms with Gasteiger partial charge in [0.2, 0.25) is 11.8 Å². The van der Waals surface area contributed by atoms with Crippen molar-refractivity contribution in [3.8, 4) is 0 Å². The third-order valence-corrected chi connectivity index (χ3v) is 2.78. The zero-order chi connectivity index (χ0) is 15.9. The first-order valence-electron chi connectivity index (χ1n) is 6.87. The van der Waals surface area contributed by atoms with Crippen LogP contribution in [0.3, 0.4) is 0 Å². The zero-order valence-electron chi connectivity index (χ0n) is 12.5. The number of anilines is 3. The third-order valence-electron chi connectivity index (χ3n) is 2.78. The molecule has 0 spiro atoms. The van der Waals surface area contributed by atoms with Crippen LogP contribution in [0, 0.1) is 6.92 Å². The van der Waals surface area contributed by atoms with Gasteiger partial charge in [0.15, 0.2) is 5.82 Å². The van der Waals surface area contributed by atoms with Gasteiger partial charge in [0.25, 0.3) is 0 Å². The Kier molecular flexibility index (Phi) is 5.13. The summed E-state index contributed by atoms with van der Waals surface area (Å²) in [5.74, 6) is 1.09. The maximum atomic E-state index is 11.8. The van der Waals surface area contributed by atoms with E-state index in [1.54, 1.807) is 37.3 Å². The van der Waals surface area contributed by atoms with Crippen molar-refractivity contribution in [1.29, 1.82) is 0 Å². The molecule has 0 fully saturated rings. The molecular weight excluding hydrogens is 284 g/mol. The molecule has 0 saturated heterocycles. The lowest BCUT2D eigenvalue weighted by Gasteiger charge is -2.07. The normalized spacial score (nSPS) is 10.1. The minimum absolute atomic E-state index is 0.111. The maximum absolute atomic E-state index is 11.8. The zero-order valence-corrected chi connectivity index (χ0v) is 12.5. The highest BCUT2D eigenvalue weighted by Gasteiger charge is 2.04. The van der Waals surface area contributed by atoms with Crippen LogP contribution in [0.5, 0.6) is 0 Å². The summed E-state index contributed by atoms with van der Waals surface area (Å²) in [5.41, 5.74) is 1.37. The van der Waals surface area contributed by atoms with Crippen molar-refractivity contribution in [3.63, 3.8) is 0 Å². The van der Waals surface area contributed by atoms with Gasteiger partial charge in [0.05, 0.1) is 0 Å². The SMILES string of the molecule is CC(=O)Nc1ccc(NC(=O)CCNc2cc(C)on2)cc1. The minimum atomic E-state index is -0.133. The Bertz CT molecular complexity index is 649. The van der Waals surface area contributed by atoms with Crippen LogP contribution >= 0.6 is 0 Å². The highest BCUT2D eigenvalue weighted by molar-refractivity contribution is 5.92. The quantitative estimate of drug-likeness (QED) is 0.761. The number of carbonyl (C=O) groups is 2. The summed E-state index contributed by atoms with van der Waals surface area (Å²) in [7, 11) is 0. The molecule has 0 aliphatic rings. The number of amides is 2. The summed E-state index contributed by atoms with van der Waals surface area (Å²) in [6.45, 7) is 3.70. The van der Waals surface area contributed by atoms with Gasteiger partial charge in [-0.05, 0) is 31.2 Å². The molecule has 0 unspecified atom stereocenters. The Balaban J connectivity index is 1.75. The van der Waals surface area contributed by atoms with Crippen molar-refractivity contribution in [1.82, 2.24) is 5.16 Å². The first kappa shape index (κ1) is 15.6. The second kappa shape index (κ2) is 7.26. The van der Waals surface area contributed by atoms with Gasteiger partial charge in [0, 0.05) is 37.3 Å². The molecule has 0 aliphatic heterocycles. The van der Waals surface area contributed by atoms with E-state index in [0.29, 0.717) is 35.9 Å². The second-order valence-electron chi connectivity index (χ2n) is 4.81. The molecule has 22 heavy (non-hydrogen) atoms. The fourth-order valence-corrected chi connectivity index (χ4v) is 1.82. The molecule has 1 aromatic carbocycles. The standard InChI is InChI=1S/C15H18N4O3/c1-10-9-14(19-22-10)16-8-7-15(21)18-13-5-3-12(4-6-13)17-11(2)20/h3-6,9H,7-8H2,1-2H3,(H,16,19)(H,17,20)(H,18,21). The topological polar surface area (TPSA) is 96.3 Å². The summed E-state index contributed by atoms with van der Waals surface area (Å²) >= 11 is 0. The van der Waals surface area contributed by atoms with Crippen LogP contribution in [-0.2, 0) is 9.59 Å². The van der Waals surface area contributed by atoms with Gasteiger partial charge in [-0.1, -0.05) is 5.16 Å². The van der Waals surface area contributed by atoms with E-state index in [1.165, 1.54) is 6.92 Å². The van der Waals surface area contributed by atoms with Crippen molar-refractivity contribution in [2.24, 2.45) is 0 Å². The van der Waals surface area contributed by atoms with E-state index < -0.39 is 0 Å². The molecule has 0 atom stereocenters. The monoisotopic (exact) mass is 302 g/mol. The van der Waals surface area contributed by atoms with Crippen molar-refractivity contribution >= 4 is 29.0 Å². The van der Waals surface area contributed by atoms with Crippen molar-refractivity contribution in [2.75, 3.05) is 22.5 Å². The molecule has 0 saturated carbocycles. The number of aryl methyl sites for hydroxylation is 1.